The molecule has 0 aliphatic carbocycles. The van der Waals surface area contributed by atoms with Crippen molar-refractivity contribution in [1.29, 1.82) is 0 Å². The van der Waals surface area contributed by atoms with Gasteiger partial charge in [-0.2, -0.15) is 4.98 Å². The summed E-state index contributed by atoms with van der Waals surface area (Å²) in [6.45, 7) is 1.40. The molecule has 1 saturated heterocycles. The molecule has 118 valence electrons. The minimum atomic E-state index is -0.443. The predicted octanol–water partition coefficient (Wildman–Crippen LogP) is 0.279. The fourth-order valence-electron chi connectivity index (χ4n) is 2.84. The molecule has 1 aromatic heterocycles. The van der Waals surface area contributed by atoms with E-state index in [9.17, 15) is 9.59 Å². The lowest BCUT2D eigenvalue weighted by Gasteiger charge is -2.46. The largest absolute Gasteiger partial charge is 0.339 e. The van der Waals surface area contributed by atoms with Crippen LogP contribution in [0.15, 0.2) is 6.20 Å². The van der Waals surface area contributed by atoms with E-state index in [1.165, 1.54) is 9.80 Å². The monoisotopic (exact) mass is 324 g/mol. The maximum absolute atomic E-state index is 12.6. The third-order valence-electron chi connectivity index (χ3n) is 4.00. The second kappa shape index (κ2) is 5.28. The summed E-state index contributed by atoms with van der Waals surface area (Å²) in [4.78, 5) is 39.5. The van der Waals surface area contributed by atoms with Crippen LogP contribution in [-0.4, -0.2) is 78.5 Å². The van der Waals surface area contributed by atoms with E-state index >= 15 is 0 Å². The van der Waals surface area contributed by atoms with E-state index in [1.54, 1.807) is 32.2 Å². The smallest absolute Gasteiger partial charge is 0.319 e. The number of anilines is 2. The number of carbonyl (C=O) groups excluding carboxylic acids is 2. The van der Waals surface area contributed by atoms with E-state index in [1.807, 2.05) is 4.90 Å². The SMILES string of the molecule is CN(C)C(=O)N1CCN2c3nc(Cl)ncc3N(C)C(=O)[C@H]2C1. The van der Waals surface area contributed by atoms with Crippen LogP contribution in [0.5, 0.6) is 0 Å². The number of piperazine rings is 1. The van der Waals surface area contributed by atoms with Gasteiger partial charge in [-0.05, 0) is 11.6 Å². The van der Waals surface area contributed by atoms with Crippen molar-refractivity contribution in [2.24, 2.45) is 0 Å². The van der Waals surface area contributed by atoms with Gasteiger partial charge in [-0.3, -0.25) is 4.79 Å². The lowest BCUT2D eigenvalue weighted by Crippen LogP contribution is -2.64. The van der Waals surface area contributed by atoms with Gasteiger partial charge in [-0.15, -0.1) is 0 Å². The number of nitrogens with zero attached hydrogens (tertiary/aromatic N) is 6. The molecule has 3 heterocycles. The Morgan fingerprint density at radius 3 is 2.82 bits per heavy atom. The van der Waals surface area contributed by atoms with Gasteiger partial charge in [-0.25, -0.2) is 9.78 Å². The molecule has 0 aromatic carbocycles. The summed E-state index contributed by atoms with van der Waals surface area (Å²) in [7, 11) is 5.08. The summed E-state index contributed by atoms with van der Waals surface area (Å²) in [5, 5.41) is 0.145. The third-order valence-corrected chi connectivity index (χ3v) is 4.19. The standard InChI is InChI=1S/C13H17ClN6O2/c1-17(2)13(22)19-4-5-20-9(7-19)11(21)18(3)8-6-15-12(14)16-10(8)20/h6,9H,4-5,7H2,1-3H3/t9-/m1/s1. The van der Waals surface area contributed by atoms with E-state index in [2.05, 4.69) is 9.97 Å². The minimum absolute atomic E-state index is 0.0744. The molecular weight excluding hydrogens is 308 g/mol. The Labute approximate surface area is 133 Å². The number of urea groups is 1. The third kappa shape index (κ3) is 2.23. The Morgan fingerprint density at radius 2 is 2.14 bits per heavy atom. The highest BCUT2D eigenvalue weighted by molar-refractivity contribution is 6.28. The second-order valence-electron chi connectivity index (χ2n) is 5.58. The van der Waals surface area contributed by atoms with Gasteiger partial charge in [0.05, 0.1) is 12.7 Å². The molecule has 2 aliphatic heterocycles. The molecule has 0 spiro atoms. The molecule has 1 atom stereocenters. The zero-order chi connectivity index (χ0) is 16.0. The van der Waals surface area contributed by atoms with Gasteiger partial charge in [0.2, 0.25) is 5.28 Å². The molecule has 22 heavy (non-hydrogen) atoms. The molecule has 0 unspecified atom stereocenters. The Balaban J connectivity index is 1.94. The van der Waals surface area contributed by atoms with Crippen molar-refractivity contribution in [3.8, 4) is 0 Å². The van der Waals surface area contributed by atoms with Gasteiger partial charge >= 0.3 is 6.03 Å². The van der Waals surface area contributed by atoms with Crippen molar-refractivity contribution in [2.75, 3.05) is 50.6 Å². The van der Waals surface area contributed by atoms with Crippen molar-refractivity contribution in [1.82, 2.24) is 19.8 Å². The first kappa shape index (κ1) is 14.8. The van der Waals surface area contributed by atoms with E-state index in [4.69, 9.17) is 11.6 Å². The molecule has 2 aliphatic rings. The maximum atomic E-state index is 12.6. The molecule has 0 N–H and O–H groups in total. The first-order valence-electron chi connectivity index (χ1n) is 6.93. The Morgan fingerprint density at radius 1 is 1.41 bits per heavy atom. The van der Waals surface area contributed by atoms with Crippen LogP contribution in [-0.2, 0) is 4.79 Å². The summed E-state index contributed by atoms with van der Waals surface area (Å²) in [6.07, 6.45) is 1.55. The molecule has 1 fully saturated rings. The van der Waals surface area contributed by atoms with Crippen LogP contribution >= 0.6 is 11.6 Å². The molecule has 0 radical (unpaired) electrons. The first-order chi connectivity index (χ1) is 10.4. The number of fused-ring (bicyclic) bond motifs is 3. The van der Waals surface area contributed by atoms with Gasteiger partial charge in [0.15, 0.2) is 5.82 Å². The fraction of sp³-hybridized carbons (Fsp3) is 0.538. The van der Waals surface area contributed by atoms with Crippen molar-refractivity contribution in [3.63, 3.8) is 0 Å². The summed E-state index contributed by atoms with van der Waals surface area (Å²) >= 11 is 5.89. The number of carbonyl (C=O) groups is 2. The van der Waals surface area contributed by atoms with Crippen LogP contribution in [0.1, 0.15) is 0 Å². The molecule has 3 amide bonds. The lowest BCUT2D eigenvalue weighted by molar-refractivity contribution is -0.120. The average Bonchev–Trinajstić information content (AvgIpc) is 2.51. The van der Waals surface area contributed by atoms with Crippen molar-refractivity contribution in [2.45, 2.75) is 6.04 Å². The van der Waals surface area contributed by atoms with Crippen LogP contribution in [0.25, 0.3) is 0 Å². The molecule has 9 heteroatoms. The van der Waals surface area contributed by atoms with Crippen LogP contribution < -0.4 is 9.80 Å². The number of amides is 3. The Hall–Kier alpha value is -2.09. The molecule has 0 bridgehead atoms. The second-order valence-corrected chi connectivity index (χ2v) is 5.92. The fourth-order valence-corrected chi connectivity index (χ4v) is 2.97. The topological polar surface area (TPSA) is 72.9 Å². The number of aromatic nitrogens is 2. The molecule has 3 rings (SSSR count). The normalized spacial score (nSPS) is 20.6. The van der Waals surface area contributed by atoms with E-state index < -0.39 is 6.04 Å². The van der Waals surface area contributed by atoms with Crippen LogP contribution in [0, 0.1) is 0 Å². The number of halogens is 1. The molecule has 8 nitrogen and oxygen atoms in total. The van der Waals surface area contributed by atoms with E-state index in [-0.39, 0.29) is 17.2 Å². The van der Waals surface area contributed by atoms with Crippen molar-refractivity contribution < 1.29 is 9.59 Å². The van der Waals surface area contributed by atoms with E-state index in [0.29, 0.717) is 31.1 Å². The van der Waals surface area contributed by atoms with E-state index in [0.717, 1.165) is 0 Å². The van der Waals surface area contributed by atoms with Crippen molar-refractivity contribution >= 4 is 35.0 Å². The summed E-state index contributed by atoms with van der Waals surface area (Å²) < 4.78 is 0. The number of hydrogen-bond acceptors (Lipinski definition) is 5. The minimum Gasteiger partial charge on any atom is -0.339 e. The highest BCUT2D eigenvalue weighted by atomic mass is 35.5. The average molecular weight is 325 g/mol. The molecule has 0 saturated carbocycles. The quantitative estimate of drug-likeness (QED) is 0.641. The predicted molar refractivity (Wildman–Crippen MR) is 82.2 cm³/mol. The maximum Gasteiger partial charge on any atom is 0.319 e. The van der Waals surface area contributed by atoms with Crippen LogP contribution in [0.2, 0.25) is 5.28 Å². The van der Waals surface area contributed by atoms with Crippen molar-refractivity contribution in [3.05, 3.63) is 11.5 Å². The zero-order valence-corrected chi connectivity index (χ0v) is 13.4. The zero-order valence-electron chi connectivity index (χ0n) is 12.7. The molecule has 1 aromatic rings. The molecular formula is C13H17ClN6O2. The highest BCUT2D eigenvalue weighted by Gasteiger charge is 2.42. The summed E-state index contributed by atoms with van der Waals surface area (Å²) in [5.74, 6) is 0.568. The highest BCUT2D eigenvalue weighted by Crippen LogP contribution is 2.35. The lowest BCUT2D eigenvalue weighted by atomic mass is 10.1. The van der Waals surface area contributed by atoms with Gasteiger partial charge in [-0.1, -0.05) is 0 Å². The number of hydrogen-bond donors (Lipinski definition) is 0. The van der Waals surface area contributed by atoms with Crippen LogP contribution in [0.3, 0.4) is 0 Å². The number of rotatable bonds is 0. The summed E-state index contributed by atoms with van der Waals surface area (Å²) in [5.41, 5.74) is 0.637. The number of likely N-dealkylation sites (N-methyl/N-ethyl adjacent to an activating group) is 1. The van der Waals surface area contributed by atoms with Gasteiger partial charge in [0.25, 0.3) is 5.91 Å². The van der Waals surface area contributed by atoms with Gasteiger partial charge < -0.3 is 19.6 Å². The first-order valence-corrected chi connectivity index (χ1v) is 7.31. The van der Waals surface area contributed by atoms with Crippen LogP contribution in [0.4, 0.5) is 16.3 Å². The Kier molecular flexibility index (Phi) is 3.56. The van der Waals surface area contributed by atoms with Gasteiger partial charge in [0, 0.05) is 34.2 Å². The summed E-state index contributed by atoms with van der Waals surface area (Å²) in [6, 6.07) is -0.539. The Bertz CT molecular complexity index is 637. The van der Waals surface area contributed by atoms with Gasteiger partial charge in [0.1, 0.15) is 11.7 Å².